The number of hydrogen-bond donors (Lipinski definition) is 0. The van der Waals surface area contributed by atoms with Gasteiger partial charge in [0, 0.05) is 24.5 Å². The molecule has 0 atom stereocenters. The zero-order valence-corrected chi connectivity index (χ0v) is 19.0. The van der Waals surface area contributed by atoms with Crippen molar-refractivity contribution in [3.63, 3.8) is 0 Å². The summed E-state index contributed by atoms with van der Waals surface area (Å²) in [4.78, 5) is 50.3. The van der Waals surface area contributed by atoms with Crippen molar-refractivity contribution in [2.75, 3.05) is 25.7 Å². The monoisotopic (exact) mass is 451 g/mol. The average Bonchev–Trinajstić information content (AvgIpc) is 3.09. The number of ether oxygens (including phenoxy) is 3. The second-order valence-corrected chi connectivity index (χ2v) is 7.30. The van der Waals surface area contributed by atoms with Gasteiger partial charge < -0.3 is 14.2 Å². The van der Waals surface area contributed by atoms with Gasteiger partial charge in [0.1, 0.15) is 5.76 Å². The Morgan fingerprint density at radius 3 is 2.36 bits per heavy atom. The van der Waals surface area contributed by atoms with Crippen LogP contribution in [0.5, 0.6) is 0 Å². The lowest BCUT2D eigenvalue weighted by molar-refractivity contribution is -0.143. The molecule has 3 rings (SSSR count). The van der Waals surface area contributed by atoms with Gasteiger partial charge in [0.25, 0.3) is 5.91 Å². The zero-order valence-electron chi connectivity index (χ0n) is 19.0. The van der Waals surface area contributed by atoms with E-state index in [0.717, 1.165) is 10.5 Å². The number of imide groups is 1. The topological polar surface area (TPSA) is 99.2 Å². The van der Waals surface area contributed by atoms with E-state index in [1.54, 1.807) is 25.1 Å². The Labute approximate surface area is 191 Å². The smallest absolute Gasteiger partial charge is 0.337 e. The van der Waals surface area contributed by atoms with E-state index < -0.39 is 17.8 Å². The maximum absolute atomic E-state index is 13.3. The largest absolute Gasteiger partial charge is 0.495 e. The Morgan fingerprint density at radius 2 is 1.73 bits per heavy atom. The van der Waals surface area contributed by atoms with Crippen molar-refractivity contribution in [3.8, 4) is 0 Å². The number of aryl methyl sites for hydroxylation is 1. The molecule has 2 aromatic carbocycles. The van der Waals surface area contributed by atoms with Gasteiger partial charge in [-0.2, -0.15) is 0 Å². The van der Waals surface area contributed by atoms with Gasteiger partial charge >= 0.3 is 11.9 Å². The minimum absolute atomic E-state index is 0.210. The fraction of sp³-hybridized carbons (Fsp3) is 0.280. The highest BCUT2D eigenvalue weighted by molar-refractivity contribution is 6.43. The summed E-state index contributed by atoms with van der Waals surface area (Å²) in [6.45, 7) is 3.35. The van der Waals surface area contributed by atoms with Gasteiger partial charge in [-0.3, -0.25) is 14.4 Å². The lowest BCUT2D eigenvalue weighted by atomic mass is 9.98. The number of rotatable bonds is 7. The van der Waals surface area contributed by atoms with Crippen LogP contribution in [0.3, 0.4) is 0 Å². The summed E-state index contributed by atoms with van der Waals surface area (Å²) in [5.41, 5.74) is 2.68. The Kier molecular flexibility index (Phi) is 7.27. The predicted molar refractivity (Wildman–Crippen MR) is 121 cm³/mol. The van der Waals surface area contributed by atoms with Crippen LogP contribution in [-0.2, 0) is 35.0 Å². The number of hydrogen-bond acceptors (Lipinski definition) is 7. The fourth-order valence-corrected chi connectivity index (χ4v) is 3.75. The molecule has 0 radical (unpaired) electrons. The number of amides is 2. The van der Waals surface area contributed by atoms with Gasteiger partial charge in [0.2, 0.25) is 5.91 Å². The van der Waals surface area contributed by atoms with Crippen LogP contribution in [0.25, 0.3) is 11.3 Å². The maximum atomic E-state index is 13.3. The molecule has 172 valence electrons. The van der Waals surface area contributed by atoms with Crippen molar-refractivity contribution in [3.05, 3.63) is 64.7 Å². The lowest BCUT2D eigenvalue weighted by Crippen LogP contribution is -2.31. The molecule has 0 bridgehead atoms. The molecule has 0 saturated carbocycles. The van der Waals surface area contributed by atoms with Gasteiger partial charge in [-0.1, -0.05) is 24.3 Å². The summed E-state index contributed by atoms with van der Waals surface area (Å²) in [6, 6.07) is 11.9. The van der Waals surface area contributed by atoms with E-state index in [2.05, 4.69) is 0 Å². The molecule has 0 aliphatic carbocycles. The van der Waals surface area contributed by atoms with Crippen molar-refractivity contribution in [2.24, 2.45) is 0 Å². The molecule has 0 N–H and O–H groups in total. The van der Waals surface area contributed by atoms with Crippen LogP contribution in [-0.4, -0.2) is 44.6 Å². The van der Waals surface area contributed by atoms with E-state index in [1.807, 2.05) is 12.1 Å². The predicted octanol–water partition coefficient (Wildman–Crippen LogP) is 3.38. The number of carbonyl (C=O) groups is 4. The minimum Gasteiger partial charge on any atom is -0.495 e. The molecule has 0 saturated heterocycles. The summed E-state index contributed by atoms with van der Waals surface area (Å²) in [6.07, 6.45) is 0.692. The van der Waals surface area contributed by atoms with Crippen molar-refractivity contribution in [1.82, 2.24) is 0 Å². The minimum atomic E-state index is -0.576. The van der Waals surface area contributed by atoms with Crippen molar-refractivity contribution >= 4 is 40.8 Å². The third-order valence-corrected chi connectivity index (χ3v) is 5.20. The molecule has 33 heavy (non-hydrogen) atoms. The number of benzene rings is 2. The van der Waals surface area contributed by atoms with Crippen molar-refractivity contribution < 1.29 is 33.4 Å². The molecular weight excluding hydrogens is 426 g/mol. The molecule has 8 heteroatoms. The Morgan fingerprint density at radius 1 is 0.970 bits per heavy atom. The SMILES string of the molecule is CCOC(=O)CCc1cccc(/C(OC)=C2\C(=O)N(C(C)=O)c3cc(C(=O)OC)ccc32)c1. The molecule has 1 aliphatic rings. The highest BCUT2D eigenvalue weighted by Crippen LogP contribution is 2.42. The number of anilines is 1. The summed E-state index contributed by atoms with van der Waals surface area (Å²) < 4.78 is 15.4. The Balaban J connectivity index is 2.08. The van der Waals surface area contributed by atoms with Crippen LogP contribution >= 0.6 is 0 Å². The lowest BCUT2D eigenvalue weighted by Gasteiger charge is -2.13. The van der Waals surface area contributed by atoms with Crippen molar-refractivity contribution in [1.29, 1.82) is 0 Å². The number of carbonyl (C=O) groups excluding carboxylic acids is 4. The molecule has 2 aromatic rings. The van der Waals surface area contributed by atoms with Crippen LogP contribution in [0.1, 0.15) is 47.3 Å². The van der Waals surface area contributed by atoms with E-state index in [1.165, 1.54) is 33.3 Å². The molecule has 0 spiro atoms. The highest BCUT2D eigenvalue weighted by atomic mass is 16.5. The van der Waals surface area contributed by atoms with E-state index >= 15 is 0 Å². The molecule has 1 aliphatic heterocycles. The maximum Gasteiger partial charge on any atom is 0.337 e. The van der Waals surface area contributed by atoms with Crippen LogP contribution in [0, 0.1) is 0 Å². The van der Waals surface area contributed by atoms with E-state index in [4.69, 9.17) is 14.2 Å². The van der Waals surface area contributed by atoms with Gasteiger partial charge in [-0.15, -0.1) is 0 Å². The average molecular weight is 451 g/mol. The van der Waals surface area contributed by atoms with Crippen LogP contribution in [0.15, 0.2) is 42.5 Å². The Bertz CT molecular complexity index is 1150. The van der Waals surface area contributed by atoms with Gasteiger partial charge in [-0.05, 0) is 37.1 Å². The molecule has 8 nitrogen and oxygen atoms in total. The first-order chi connectivity index (χ1) is 15.8. The first-order valence-corrected chi connectivity index (χ1v) is 10.4. The van der Waals surface area contributed by atoms with Gasteiger partial charge in [-0.25, -0.2) is 9.69 Å². The number of methoxy groups -OCH3 is 2. The summed E-state index contributed by atoms with van der Waals surface area (Å²) in [5.74, 6) is -1.61. The second-order valence-electron chi connectivity index (χ2n) is 7.30. The van der Waals surface area contributed by atoms with Crippen LogP contribution < -0.4 is 4.90 Å². The molecule has 0 aromatic heterocycles. The van der Waals surface area contributed by atoms with E-state index in [9.17, 15) is 19.2 Å². The number of fused-ring (bicyclic) bond motifs is 1. The van der Waals surface area contributed by atoms with Gasteiger partial charge in [0.15, 0.2) is 0 Å². The number of esters is 2. The van der Waals surface area contributed by atoms with Crippen LogP contribution in [0.4, 0.5) is 5.69 Å². The molecular formula is C25H25NO7. The first-order valence-electron chi connectivity index (χ1n) is 10.4. The summed E-state index contributed by atoms with van der Waals surface area (Å²) in [5, 5.41) is 0. The third kappa shape index (κ3) is 4.79. The third-order valence-electron chi connectivity index (χ3n) is 5.20. The molecule has 1 heterocycles. The van der Waals surface area contributed by atoms with Crippen molar-refractivity contribution in [2.45, 2.75) is 26.7 Å². The normalized spacial score (nSPS) is 13.9. The van der Waals surface area contributed by atoms with E-state index in [0.29, 0.717) is 29.8 Å². The quantitative estimate of drug-likeness (QED) is 0.361. The molecule has 0 unspecified atom stereocenters. The van der Waals surface area contributed by atoms with Gasteiger partial charge in [0.05, 0.1) is 37.7 Å². The second kappa shape index (κ2) is 10.1. The fourth-order valence-electron chi connectivity index (χ4n) is 3.75. The summed E-state index contributed by atoms with van der Waals surface area (Å²) >= 11 is 0. The summed E-state index contributed by atoms with van der Waals surface area (Å²) in [7, 11) is 2.70. The Hall–Kier alpha value is -3.94. The molecule has 0 fully saturated rings. The zero-order chi connectivity index (χ0) is 24.1. The standard InChI is InChI=1S/C25H25NO7/c1-5-33-21(28)12-9-16-7-6-8-17(13-16)23(31-3)22-19-11-10-18(25(30)32-4)14-20(19)26(15(2)27)24(22)29/h6-8,10-11,13-14H,5,9,12H2,1-4H3/b23-22+. The first kappa shape index (κ1) is 23.7. The van der Waals surface area contributed by atoms with Crippen LogP contribution in [0.2, 0.25) is 0 Å². The number of nitrogens with zero attached hydrogens (tertiary/aromatic N) is 1. The molecule has 2 amide bonds. The van der Waals surface area contributed by atoms with E-state index in [-0.39, 0.29) is 29.3 Å². The highest BCUT2D eigenvalue weighted by Gasteiger charge is 2.38.